The van der Waals surface area contributed by atoms with Crippen LogP contribution in [0.1, 0.15) is 0 Å². The van der Waals surface area contributed by atoms with E-state index in [0.29, 0.717) is 18.0 Å². The lowest BCUT2D eigenvalue weighted by molar-refractivity contribution is 0.211. The van der Waals surface area contributed by atoms with Crippen molar-refractivity contribution in [2.45, 2.75) is 0 Å². The highest BCUT2D eigenvalue weighted by molar-refractivity contribution is 9.10. The van der Waals surface area contributed by atoms with Crippen molar-refractivity contribution in [3.8, 4) is 11.5 Å². The van der Waals surface area contributed by atoms with E-state index in [9.17, 15) is 4.39 Å². The van der Waals surface area contributed by atoms with Gasteiger partial charge in [0.2, 0.25) is 0 Å². The van der Waals surface area contributed by atoms with Crippen LogP contribution in [0.15, 0.2) is 46.9 Å². The van der Waals surface area contributed by atoms with Crippen LogP contribution in [0.4, 0.5) is 10.1 Å². The summed E-state index contributed by atoms with van der Waals surface area (Å²) in [5.41, 5.74) is 6.24. The van der Waals surface area contributed by atoms with E-state index in [2.05, 4.69) is 15.9 Å². The number of rotatable bonds is 5. The molecule has 0 saturated heterocycles. The lowest BCUT2D eigenvalue weighted by atomic mass is 10.3. The molecule has 0 amide bonds. The van der Waals surface area contributed by atoms with Crippen molar-refractivity contribution >= 4 is 21.6 Å². The molecule has 0 unspecified atom stereocenters. The van der Waals surface area contributed by atoms with Crippen molar-refractivity contribution in [1.29, 1.82) is 0 Å². The summed E-state index contributed by atoms with van der Waals surface area (Å²) >= 11 is 3.26. The van der Waals surface area contributed by atoms with Gasteiger partial charge in [0.25, 0.3) is 0 Å². The zero-order valence-electron chi connectivity index (χ0n) is 10.1. The van der Waals surface area contributed by atoms with Gasteiger partial charge in [-0.3, -0.25) is 0 Å². The van der Waals surface area contributed by atoms with Crippen LogP contribution < -0.4 is 15.2 Å². The Morgan fingerprint density at radius 3 is 2.42 bits per heavy atom. The van der Waals surface area contributed by atoms with Crippen molar-refractivity contribution < 1.29 is 13.9 Å². The second kappa shape index (κ2) is 6.43. The summed E-state index contributed by atoms with van der Waals surface area (Å²) in [4.78, 5) is 0. The molecule has 0 spiro atoms. The number of hydrogen-bond donors (Lipinski definition) is 1. The quantitative estimate of drug-likeness (QED) is 0.674. The fraction of sp³-hybridized carbons (Fsp3) is 0.143. The Kier molecular flexibility index (Phi) is 4.63. The summed E-state index contributed by atoms with van der Waals surface area (Å²) in [6, 6.07) is 11.6. The van der Waals surface area contributed by atoms with E-state index in [-0.39, 0.29) is 12.4 Å². The number of nitrogens with two attached hydrogens (primary N) is 1. The fourth-order valence-corrected chi connectivity index (χ4v) is 1.80. The highest BCUT2D eigenvalue weighted by Gasteiger charge is 2.03. The van der Waals surface area contributed by atoms with E-state index in [0.717, 1.165) is 4.47 Å². The number of hydrogen-bond acceptors (Lipinski definition) is 3. The maximum absolute atomic E-state index is 13.4. The predicted molar refractivity (Wildman–Crippen MR) is 75.9 cm³/mol. The minimum absolute atomic E-state index is 0.204. The normalized spacial score (nSPS) is 10.2. The summed E-state index contributed by atoms with van der Waals surface area (Å²) in [5, 5.41) is 0. The molecule has 2 rings (SSSR count). The van der Waals surface area contributed by atoms with Gasteiger partial charge in [0, 0.05) is 10.2 Å². The molecule has 0 heterocycles. The third-order valence-corrected chi connectivity index (χ3v) is 2.88. The highest BCUT2D eigenvalue weighted by atomic mass is 79.9. The smallest absolute Gasteiger partial charge is 0.165 e. The van der Waals surface area contributed by atoms with Gasteiger partial charge >= 0.3 is 0 Å². The van der Waals surface area contributed by atoms with Crippen molar-refractivity contribution in [3.05, 3.63) is 52.8 Å². The molecule has 100 valence electrons. The largest absolute Gasteiger partial charge is 0.490 e. The molecule has 2 N–H and O–H groups in total. The molecule has 2 aromatic rings. The Balaban J connectivity index is 1.80. The minimum atomic E-state index is -0.393. The Morgan fingerprint density at radius 2 is 1.68 bits per heavy atom. The van der Waals surface area contributed by atoms with Gasteiger partial charge in [0.05, 0.1) is 0 Å². The lowest BCUT2D eigenvalue weighted by Crippen LogP contribution is -2.09. The average Bonchev–Trinajstić information content (AvgIpc) is 2.40. The summed E-state index contributed by atoms with van der Waals surface area (Å²) in [6.07, 6.45) is 0. The van der Waals surface area contributed by atoms with Crippen LogP contribution in [0, 0.1) is 5.82 Å². The zero-order chi connectivity index (χ0) is 13.7. The van der Waals surface area contributed by atoms with Crippen molar-refractivity contribution in [2.75, 3.05) is 18.9 Å². The number of halogens is 2. The molecule has 3 nitrogen and oxygen atoms in total. The average molecular weight is 326 g/mol. The second-order valence-electron chi connectivity index (χ2n) is 3.84. The molecule has 0 aliphatic rings. The van der Waals surface area contributed by atoms with Gasteiger partial charge < -0.3 is 15.2 Å². The van der Waals surface area contributed by atoms with Crippen molar-refractivity contribution in [3.63, 3.8) is 0 Å². The topological polar surface area (TPSA) is 44.5 Å². The Hall–Kier alpha value is -1.75. The summed E-state index contributed by atoms with van der Waals surface area (Å²) in [6.45, 7) is 0.591. The van der Waals surface area contributed by atoms with Gasteiger partial charge in [-0.05, 0) is 42.5 Å². The standard InChI is InChI=1S/C14H13BrFNO2/c15-10-1-6-13(16)14(9-10)19-8-7-18-12-4-2-11(17)3-5-12/h1-6,9H,7-8,17H2. The molecule has 0 bridgehead atoms. The first-order valence-electron chi connectivity index (χ1n) is 5.71. The molecule has 5 heteroatoms. The SMILES string of the molecule is Nc1ccc(OCCOc2cc(Br)ccc2F)cc1. The minimum Gasteiger partial charge on any atom is -0.490 e. The van der Waals surface area contributed by atoms with Crippen LogP contribution in [0.25, 0.3) is 0 Å². The van der Waals surface area contributed by atoms with Crippen LogP contribution >= 0.6 is 15.9 Å². The first-order chi connectivity index (χ1) is 9.15. The number of anilines is 1. The van der Waals surface area contributed by atoms with E-state index in [1.807, 2.05) is 0 Å². The first-order valence-corrected chi connectivity index (χ1v) is 6.50. The molecule has 0 aliphatic heterocycles. The van der Waals surface area contributed by atoms with Gasteiger partial charge in [0.15, 0.2) is 11.6 Å². The number of benzene rings is 2. The van der Waals surface area contributed by atoms with Crippen LogP contribution in [0.5, 0.6) is 11.5 Å². The van der Waals surface area contributed by atoms with Crippen LogP contribution in [-0.2, 0) is 0 Å². The first kappa shape index (κ1) is 13.7. The fourth-order valence-electron chi connectivity index (χ4n) is 1.46. The molecule has 0 atom stereocenters. The Labute approximate surface area is 119 Å². The summed E-state index contributed by atoms with van der Waals surface area (Å²) in [5.74, 6) is 0.512. The third-order valence-electron chi connectivity index (χ3n) is 2.38. The van der Waals surface area contributed by atoms with Gasteiger partial charge in [-0.25, -0.2) is 4.39 Å². The molecular weight excluding hydrogens is 313 g/mol. The monoisotopic (exact) mass is 325 g/mol. The van der Waals surface area contributed by atoms with Crippen LogP contribution in [0.3, 0.4) is 0 Å². The van der Waals surface area contributed by atoms with E-state index in [4.69, 9.17) is 15.2 Å². The van der Waals surface area contributed by atoms with Crippen LogP contribution in [0.2, 0.25) is 0 Å². The molecule has 0 saturated carbocycles. The zero-order valence-corrected chi connectivity index (χ0v) is 11.7. The third kappa shape index (κ3) is 4.13. The second-order valence-corrected chi connectivity index (χ2v) is 4.76. The molecule has 0 aromatic heterocycles. The van der Waals surface area contributed by atoms with Crippen molar-refractivity contribution in [2.24, 2.45) is 0 Å². The summed E-state index contributed by atoms with van der Waals surface area (Å²) in [7, 11) is 0. The Bertz CT molecular complexity index is 546. The molecule has 2 aromatic carbocycles. The molecule has 0 aliphatic carbocycles. The number of nitrogen functional groups attached to an aromatic ring is 1. The van der Waals surface area contributed by atoms with Gasteiger partial charge in [-0.1, -0.05) is 15.9 Å². The van der Waals surface area contributed by atoms with Crippen LogP contribution in [-0.4, -0.2) is 13.2 Å². The van der Waals surface area contributed by atoms with Crippen molar-refractivity contribution in [1.82, 2.24) is 0 Å². The van der Waals surface area contributed by atoms with E-state index in [1.54, 1.807) is 36.4 Å². The van der Waals surface area contributed by atoms with E-state index < -0.39 is 5.82 Å². The van der Waals surface area contributed by atoms with E-state index in [1.165, 1.54) is 6.07 Å². The number of ether oxygens (including phenoxy) is 2. The van der Waals surface area contributed by atoms with Gasteiger partial charge in [0.1, 0.15) is 19.0 Å². The maximum atomic E-state index is 13.4. The molecule has 0 fully saturated rings. The van der Waals surface area contributed by atoms with Gasteiger partial charge in [-0.2, -0.15) is 0 Å². The molecular formula is C14H13BrFNO2. The van der Waals surface area contributed by atoms with E-state index >= 15 is 0 Å². The predicted octanol–water partition coefficient (Wildman–Crippen LogP) is 3.63. The lowest BCUT2D eigenvalue weighted by Gasteiger charge is -2.09. The Morgan fingerprint density at radius 1 is 1.00 bits per heavy atom. The highest BCUT2D eigenvalue weighted by Crippen LogP contribution is 2.22. The summed E-state index contributed by atoms with van der Waals surface area (Å²) < 4.78 is 24.9. The molecule has 0 radical (unpaired) electrons. The van der Waals surface area contributed by atoms with Gasteiger partial charge in [-0.15, -0.1) is 0 Å². The molecule has 19 heavy (non-hydrogen) atoms. The maximum Gasteiger partial charge on any atom is 0.165 e.